The fraction of sp³-hybridized carbons (Fsp3) is 0.444. The molecule has 0 spiro atoms. The van der Waals surface area contributed by atoms with Gasteiger partial charge in [-0.25, -0.2) is 0 Å². The largest absolute Gasteiger partial charge is 0.481 e. The van der Waals surface area contributed by atoms with Crippen molar-refractivity contribution in [2.45, 2.75) is 63.3 Å². The first-order chi connectivity index (χ1) is 16.8. The van der Waals surface area contributed by atoms with E-state index in [2.05, 4.69) is 17.4 Å². The minimum atomic E-state index is -0.978. The number of carbonyl (C=O) groups excluding carboxylic acids is 2. The third kappa shape index (κ3) is 7.45. The molecule has 2 aromatic rings. The fourth-order valence-corrected chi connectivity index (χ4v) is 5.02. The Kier molecular flexibility index (Phi) is 9.99. The van der Waals surface area contributed by atoms with Crippen molar-refractivity contribution in [3.05, 3.63) is 69.2 Å². The molecule has 0 aliphatic heterocycles. The van der Waals surface area contributed by atoms with Crippen LogP contribution in [0.3, 0.4) is 0 Å². The van der Waals surface area contributed by atoms with Crippen molar-refractivity contribution in [2.24, 2.45) is 0 Å². The van der Waals surface area contributed by atoms with Crippen molar-refractivity contribution >= 4 is 41.0 Å². The quantitative estimate of drug-likeness (QED) is 0.359. The Hall–Kier alpha value is -2.57. The molecule has 0 aromatic heterocycles. The molecule has 8 heteroatoms. The SMILES string of the molecule is CN(C(=O)CCCCCNC(=O)CCC(=O)O)[C@H]1CC[C@@H](c2ccc(Cl)c(Cl)c2)c2ccccc21. The van der Waals surface area contributed by atoms with Gasteiger partial charge in [0.25, 0.3) is 0 Å². The number of carboxylic acids is 1. The van der Waals surface area contributed by atoms with Crippen LogP contribution in [0.15, 0.2) is 42.5 Å². The molecular weight excluding hydrogens is 487 g/mol. The van der Waals surface area contributed by atoms with E-state index in [4.69, 9.17) is 28.3 Å². The third-order valence-electron chi connectivity index (χ3n) is 6.62. The first-order valence-corrected chi connectivity index (χ1v) is 12.8. The van der Waals surface area contributed by atoms with Crippen molar-refractivity contribution in [3.8, 4) is 0 Å². The van der Waals surface area contributed by atoms with Gasteiger partial charge in [0.2, 0.25) is 11.8 Å². The van der Waals surface area contributed by atoms with Gasteiger partial charge < -0.3 is 15.3 Å². The maximum atomic E-state index is 12.9. The Balaban J connectivity index is 1.52. The molecule has 188 valence electrons. The standard InChI is InChI=1S/C27H32Cl2N2O4/c1-31(26(33)9-3-2-6-16-30-25(32)14-15-27(34)35)24-13-11-19(20-7-4-5-8-21(20)24)18-10-12-22(28)23(29)17-18/h4-5,7-8,10,12,17,19,24H,2-3,6,9,11,13-16H2,1H3,(H,30,32)(H,34,35)/t19-,24-/m0/s1. The zero-order valence-corrected chi connectivity index (χ0v) is 21.4. The molecule has 35 heavy (non-hydrogen) atoms. The second kappa shape index (κ2) is 12.9. The number of rotatable bonds is 11. The van der Waals surface area contributed by atoms with E-state index >= 15 is 0 Å². The number of hydrogen-bond donors (Lipinski definition) is 2. The van der Waals surface area contributed by atoms with Crippen LogP contribution in [0.2, 0.25) is 10.0 Å². The van der Waals surface area contributed by atoms with Crippen molar-refractivity contribution in [3.63, 3.8) is 0 Å². The van der Waals surface area contributed by atoms with Gasteiger partial charge in [0, 0.05) is 32.4 Å². The summed E-state index contributed by atoms with van der Waals surface area (Å²) >= 11 is 12.4. The molecule has 1 aliphatic carbocycles. The Labute approximate surface area is 216 Å². The lowest BCUT2D eigenvalue weighted by atomic mass is 9.76. The first kappa shape index (κ1) is 27.0. The highest BCUT2D eigenvalue weighted by molar-refractivity contribution is 6.42. The number of amides is 2. The van der Waals surface area contributed by atoms with Gasteiger partial charge in [-0.05, 0) is 54.5 Å². The third-order valence-corrected chi connectivity index (χ3v) is 7.36. The van der Waals surface area contributed by atoms with Gasteiger partial charge in [-0.2, -0.15) is 0 Å². The molecular formula is C27H32Cl2N2O4. The number of aliphatic carboxylic acids is 1. The van der Waals surface area contributed by atoms with Gasteiger partial charge in [-0.1, -0.05) is 60.0 Å². The van der Waals surface area contributed by atoms with Gasteiger partial charge in [0.05, 0.1) is 22.5 Å². The minimum absolute atomic E-state index is 0.00656. The number of fused-ring (bicyclic) bond motifs is 1. The van der Waals surface area contributed by atoms with Gasteiger partial charge in [0.15, 0.2) is 0 Å². The smallest absolute Gasteiger partial charge is 0.303 e. The number of nitrogens with one attached hydrogen (secondary N) is 1. The molecule has 0 saturated carbocycles. The van der Waals surface area contributed by atoms with Gasteiger partial charge in [0.1, 0.15) is 0 Å². The van der Waals surface area contributed by atoms with E-state index in [1.807, 2.05) is 42.3 Å². The van der Waals surface area contributed by atoms with E-state index in [1.54, 1.807) is 0 Å². The normalized spacial score (nSPS) is 16.9. The van der Waals surface area contributed by atoms with Crippen molar-refractivity contribution in [1.82, 2.24) is 10.2 Å². The van der Waals surface area contributed by atoms with Crippen LogP contribution in [0, 0.1) is 0 Å². The Morgan fingerprint density at radius 1 is 0.943 bits per heavy atom. The van der Waals surface area contributed by atoms with Crippen LogP contribution in [-0.2, 0) is 14.4 Å². The van der Waals surface area contributed by atoms with E-state index in [9.17, 15) is 14.4 Å². The molecule has 2 N–H and O–H groups in total. The molecule has 0 saturated heterocycles. The number of carbonyl (C=O) groups is 3. The molecule has 6 nitrogen and oxygen atoms in total. The summed E-state index contributed by atoms with van der Waals surface area (Å²) in [5, 5.41) is 12.4. The average Bonchev–Trinajstić information content (AvgIpc) is 2.85. The van der Waals surface area contributed by atoms with E-state index in [-0.39, 0.29) is 36.6 Å². The van der Waals surface area contributed by atoms with Gasteiger partial charge in [-0.15, -0.1) is 0 Å². The van der Waals surface area contributed by atoms with Crippen LogP contribution in [0.25, 0.3) is 0 Å². The number of hydrogen-bond acceptors (Lipinski definition) is 3. The highest BCUT2D eigenvalue weighted by atomic mass is 35.5. The van der Waals surface area contributed by atoms with Crippen molar-refractivity contribution in [1.29, 1.82) is 0 Å². The number of benzene rings is 2. The molecule has 0 unspecified atom stereocenters. The molecule has 0 bridgehead atoms. The zero-order chi connectivity index (χ0) is 25.4. The molecule has 2 aromatic carbocycles. The van der Waals surface area contributed by atoms with Crippen LogP contribution in [0.1, 0.15) is 80.0 Å². The van der Waals surface area contributed by atoms with Gasteiger partial charge in [-0.3, -0.25) is 14.4 Å². The topological polar surface area (TPSA) is 86.7 Å². The Morgan fingerprint density at radius 2 is 1.69 bits per heavy atom. The number of halogens is 2. The first-order valence-electron chi connectivity index (χ1n) is 12.1. The molecule has 1 aliphatic rings. The summed E-state index contributed by atoms with van der Waals surface area (Å²) in [5.74, 6) is -0.902. The summed E-state index contributed by atoms with van der Waals surface area (Å²) in [6, 6.07) is 14.1. The lowest BCUT2D eigenvalue weighted by Crippen LogP contribution is -2.34. The monoisotopic (exact) mass is 518 g/mol. The minimum Gasteiger partial charge on any atom is -0.481 e. The second-order valence-electron chi connectivity index (χ2n) is 9.01. The predicted octanol–water partition coefficient (Wildman–Crippen LogP) is 5.96. The molecule has 0 radical (unpaired) electrons. The van der Waals surface area contributed by atoms with Crippen LogP contribution in [0.4, 0.5) is 0 Å². The van der Waals surface area contributed by atoms with Gasteiger partial charge >= 0.3 is 5.97 Å². The zero-order valence-electron chi connectivity index (χ0n) is 19.9. The van der Waals surface area contributed by atoms with Crippen molar-refractivity contribution < 1.29 is 19.5 Å². The van der Waals surface area contributed by atoms with E-state index in [0.717, 1.165) is 37.7 Å². The predicted molar refractivity (Wildman–Crippen MR) is 138 cm³/mol. The maximum Gasteiger partial charge on any atom is 0.303 e. The summed E-state index contributed by atoms with van der Waals surface area (Å²) in [5.41, 5.74) is 3.53. The van der Waals surface area contributed by atoms with Crippen molar-refractivity contribution in [2.75, 3.05) is 13.6 Å². The number of nitrogens with zero attached hydrogens (tertiary/aromatic N) is 1. The Morgan fingerprint density at radius 3 is 2.40 bits per heavy atom. The molecule has 2 atom stereocenters. The fourth-order valence-electron chi connectivity index (χ4n) is 4.71. The van der Waals surface area contributed by atoms with E-state index < -0.39 is 5.97 Å². The summed E-state index contributed by atoms with van der Waals surface area (Å²) in [4.78, 5) is 36.9. The average molecular weight is 519 g/mol. The number of unbranched alkanes of at least 4 members (excludes halogenated alkanes) is 2. The highest BCUT2D eigenvalue weighted by Crippen LogP contribution is 2.44. The second-order valence-corrected chi connectivity index (χ2v) is 9.82. The van der Waals surface area contributed by atoms with Crippen LogP contribution < -0.4 is 5.32 Å². The van der Waals surface area contributed by atoms with Crippen LogP contribution in [-0.4, -0.2) is 41.4 Å². The molecule has 2 amide bonds. The Bertz CT molecular complexity index is 1060. The summed E-state index contributed by atoms with van der Waals surface area (Å²) < 4.78 is 0. The van der Waals surface area contributed by atoms with Crippen LogP contribution in [0.5, 0.6) is 0 Å². The van der Waals surface area contributed by atoms with Crippen LogP contribution >= 0.6 is 23.2 Å². The molecule has 0 fully saturated rings. The summed E-state index contributed by atoms with van der Waals surface area (Å²) in [6.45, 7) is 0.495. The highest BCUT2D eigenvalue weighted by Gasteiger charge is 2.32. The number of carboxylic acid groups (broad SMARTS) is 1. The molecule has 3 rings (SSSR count). The maximum absolute atomic E-state index is 12.9. The molecule has 0 heterocycles. The van der Waals surface area contributed by atoms with E-state index in [0.29, 0.717) is 23.0 Å². The lowest BCUT2D eigenvalue weighted by molar-refractivity contribution is -0.138. The summed E-state index contributed by atoms with van der Waals surface area (Å²) in [7, 11) is 1.88. The summed E-state index contributed by atoms with van der Waals surface area (Å²) in [6.07, 6.45) is 4.39. The lowest BCUT2D eigenvalue weighted by Gasteiger charge is -2.37. The van der Waals surface area contributed by atoms with E-state index in [1.165, 1.54) is 11.1 Å².